The van der Waals surface area contributed by atoms with E-state index in [4.69, 9.17) is 10.6 Å². The van der Waals surface area contributed by atoms with Crippen LogP contribution in [0.3, 0.4) is 0 Å². The van der Waals surface area contributed by atoms with Crippen LogP contribution in [0.15, 0.2) is 0 Å². The summed E-state index contributed by atoms with van der Waals surface area (Å²) >= 11 is 0. The van der Waals surface area contributed by atoms with Crippen LogP contribution in [0.4, 0.5) is 0 Å². The number of hydrogen-bond acceptors (Lipinski definition) is 3. The van der Waals surface area contributed by atoms with Gasteiger partial charge in [-0.3, -0.25) is 11.3 Å². The number of rotatable bonds is 5. The van der Waals surface area contributed by atoms with Gasteiger partial charge in [-0.1, -0.05) is 12.8 Å². The lowest BCUT2D eigenvalue weighted by Crippen LogP contribution is -2.43. The topological polar surface area (TPSA) is 47.3 Å². The molecule has 1 saturated heterocycles. The molecule has 3 N–H and O–H groups in total. The van der Waals surface area contributed by atoms with Crippen molar-refractivity contribution in [3.8, 4) is 0 Å². The van der Waals surface area contributed by atoms with Gasteiger partial charge in [0, 0.05) is 12.6 Å². The maximum absolute atomic E-state index is 5.60. The second kappa shape index (κ2) is 5.10. The van der Waals surface area contributed by atoms with E-state index >= 15 is 0 Å². The minimum atomic E-state index is 0.482. The Morgan fingerprint density at radius 2 is 2.21 bits per heavy atom. The Kier molecular flexibility index (Phi) is 3.79. The zero-order valence-electron chi connectivity index (χ0n) is 8.87. The standard InChI is InChI=1S/C11H22N2O/c12-13-11(6-5-9-3-4-9)10-2-1-7-14-8-10/h9-11,13H,1-8,12H2. The molecule has 3 nitrogen and oxygen atoms in total. The van der Waals surface area contributed by atoms with Crippen LogP contribution in [-0.4, -0.2) is 19.3 Å². The van der Waals surface area contributed by atoms with Gasteiger partial charge in [-0.05, 0) is 37.5 Å². The van der Waals surface area contributed by atoms with Crippen LogP contribution in [0.2, 0.25) is 0 Å². The molecule has 0 aromatic carbocycles. The van der Waals surface area contributed by atoms with E-state index < -0.39 is 0 Å². The highest BCUT2D eigenvalue weighted by atomic mass is 16.5. The molecule has 0 bridgehead atoms. The molecule has 14 heavy (non-hydrogen) atoms. The van der Waals surface area contributed by atoms with E-state index in [1.807, 2.05) is 0 Å². The maximum Gasteiger partial charge on any atom is 0.0509 e. The summed E-state index contributed by atoms with van der Waals surface area (Å²) < 4.78 is 5.49. The van der Waals surface area contributed by atoms with E-state index in [2.05, 4.69) is 5.43 Å². The first kappa shape index (κ1) is 10.4. The van der Waals surface area contributed by atoms with E-state index in [-0.39, 0.29) is 0 Å². The van der Waals surface area contributed by atoms with Crippen LogP contribution in [0, 0.1) is 11.8 Å². The van der Waals surface area contributed by atoms with Gasteiger partial charge in [0.25, 0.3) is 0 Å². The molecule has 2 rings (SSSR count). The lowest BCUT2D eigenvalue weighted by atomic mass is 9.90. The second-order valence-corrected chi connectivity index (χ2v) is 4.77. The Labute approximate surface area is 86.4 Å². The van der Waals surface area contributed by atoms with Crippen molar-refractivity contribution in [2.75, 3.05) is 13.2 Å². The van der Waals surface area contributed by atoms with Crippen LogP contribution in [0.25, 0.3) is 0 Å². The van der Waals surface area contributed by atoms with E-state index in [9.17, 15) is 0 Å². The summed E-state index contributed by atoms with van der Waals surface area (Å²) in [4.78, 5) is 0. The maximum atomic E-state index is 5.60. The highest BCUT2D eigenvalue weighted by Crippen LogP contribution is 2.35. The van der Waals surface area contributed by atoms with Crippen molar-refractivity contribution in [2.24, 2.45) is 17.7 Å². The fourth-order valence-corrected chi connectivity index (χ4v) is 2.36. The first-order valence-electron chi connectivity index (χ1n) is 5.94. The molecule has 0 spiro atoms. The van der Waals surface area contributed by atoms with Gasteiger partial charge >= 0.3 is 0 Å². The highest BCUT2D eigenvalue weighted by Gasteiger charge is 2.27. The Bertz CT molecular complexity index is 165. The monoisotopic (exact) mass is 198 g/mol. The lowest BCUT2D eigenvalue weighted by Gasteiger charge is -2.29. The van der Waals surface area contributed by atoms with Gasteiger partial charge in [-0.15, -0.1) is 0 Å². The molecule has 2 unspecified atom stereocenters. The van der Waals surface area contributed by atoms with Gasteiger partial charge in [-0.2, -0.15) is 0 Å². The van der Waals surface area contributed by atoms with Crippen molar-refractivity contribution in [3.63, 3.8) is 0 Å². The molecule has 1 aliphatic carbocycles. The predicted molar refractivity (Wildman–Crippen MR) is 56.6 cm³/mol. The first-order chi connectivity index (χ1) is 6.90. The van der Waals surface area contributed by atoms with Gasteiger partial charge in [-0.25, -0.2) is 0 Å². The summed E-state index contributed by atoms with van der Waals surface area (Å²) in [5, 5.41) is 0. The number of nitrogens with one attached hydrogen (secondary N) is 1. The zero-order chi connectivity index (χ0) is 9.80. The van der Waals surface area contributed by atoms with Gasteiger partial charge < -0.3 is 4.74 Å². The molecular formula is C11H22N2O. The Morgan fingerprint density at radius 3 is 2.79 bits per heavy atom. The predicted octanol–water partition coefficient (Wildman–Crippen LogP) is 1.44. The van der Waals surface area contributed by atoms with Crippen molar-refractivity contribution in [1.82, 2.24) is 5.43 Å². The molecule has 0 aromatic rings. The SMILES string of the molecule is NNC(CCC1CC1)C1CCCOC1. The molecule has 1 saturated carbocycles. The minimum absolute atomic E-state index is 0.482. The molecule has 0 radical (unpaired) electrons. The van der Waals surface area contributed by atoms with E-state index in [0.717, 1.165) is 19.1 Å². The summed E-state index contributed by atoms with van der Waals surface area (Å²) in [5.74, 6) is 7.26. The Hall–Kier alpha value is -0.120. The fraction of sp³-hybridized carbons (Fsp3) is 1.00. The Balaban J connectivity index is 1.71. The average molecular weight is 198 g/mol. The van der Waals surface area contributed by atoms with Crippen LogP contribution >= 0.6 is 0 Å². The molecule has 82 valence electrons. The van der Waals surface area contributed by atoms with Crippen LogP contribution < -0.4 is 11.3 Å². The van der Waals surface area contributed by atoms with Crippen LogP contribution in [0.1, 0.15) is 38.5 Å². The number of ether oxygens (including phenoxy) is 1. The molecule has 2 aliphatic rings. The quantitative estimate of drug-likeness (QED) is 0.519. The largest absolute Gasteiger partial charge is 0.381 e. The molecule has 0 aromatic heterocycles. The fourth-order valence-electron chi connectivity index (χ4n) is 2.36. The van der Waals surface area contributed by atoms with Crippen LogP contribution in [0.5, 0.6) is 0 Å². The highest BCUT2D eigenvalue weighted by molar-refractivity contribution is 4.80. The molecule has 2 atom stereocenters. The van der Waals surface area contributed by atoms with Gasteiger partial charge in [0.2, 0.25) is 0 Å². The average Bonchev–Trinajstić information content (AvgIpc) is 3.04. The number of nitrogens with two attached hydrogens (primary N) is 1. The van der Waals surface area contributed by atoms with Crippen molar-refractivity contribution >= 4 is 0 Å². The van der Waals surface area contributed by atoms with Gasteiger partial charge in [0.05, 0.1) is 6.61 Å². The van der Waals surface area contributed by atoms with E-state index in [0.29, 0.717) is 12.0 Å². The molecule has 0 amide bonds. The summed E-state index contributed by atoms with van der Waals surface area (Å²) in [7, 11) is 0. The molecular weight excluding hydrogens is 176 g/mol. The first-order valence-corrected chi connectivity index (χ1v) is 5.94. The smallest absolute Gasteiger partial charge is 0.0509 e. The van der Waals surface area contributed by atoms with Crippen molar-refractivity contribution in [3.05, 3.63) is 0 Å². The second-order valence-electron chi connectivity index (χ2n) is 4.77. The van der Waals surface area contributed by atoms with Crippen molar-refractivity contribution in [2.45, 2.75) is 44.6 Å². The normalized spacial score (nSPS) is 30.2. The zero-order valence-corrected chi connectivity index (χ0v) is 8.87. The summed E-state index contributed by atoms with van der Waals surface area (Å²) in [6.07, 6.45) is 7.95. The number of hydrogen-bond donors (Lipinski definition) is 2. The summed E-state index contributed by atoms with van der Waals surface area (Å²) in [6.45, 7) is 1.84. The summed E-state index contributed by atoms with van der Waals surface area (Å²) in [6, 6.07) is 0.482. The van der Waals surface area contributed by atoms with Gasteiger partial charge in [0.1, 0.15) is 0 Å². The minimum Gasteiger partial charge on any atom is -0.381 e. The third-order valence-corrected chi connectivity index (χ3v) is 3.56. The van der Waals surface area contributed by atoms with E-state index in [1.165, 1.54) is 38.5 Å². The third kappa shape index (κ3) is 2.94. The van der Waals surface area contributed by atoms with Gasteiger partial charge in [0.15, 0.2) is 0 Å². The lowest BCUT2D eigenvalue weighted by molar-refractivity contribution is 0.0374. The van der Waals surface area contributed by atoms with Crippen molar-refractivity contribution in [1.29, 1.82) is 0 Å². The third-order valence-electron chi connectivity index (χ3n) is 3.56. The van der Waals surface area contributed by atoms with E-state index in [1.54, 1.807) is 0 Å². The Morgan fingerprint density at radius 1 is 1.36 bits per heavy atom. The molecule has 2 fully saturated rings. The summed E-state index contributed by atoms with van der Waals surface area (Å²) in [5.41, 5.74) is 2.97. The molecule has 1 aliphatic heterocycles. The number of hydrazine groups is 1. The molecule has 3 heteroatoms. The van der Waals surface area contributed by atoms with Crippen LogP contribution in [-0.2, 0) is 4.74 Å². The molecule has 1 heterocycles. The van der Waals surface area contributed by atoms with Crippen molar-refractivity contribution < 1.29 is 4.74 Å².